The summed E-state index contributed by atoms with van der Waals surface area (Å²) < 4.78 is 35.4. The number of aliphatic hydroxyl groups is 1. The van der Waals surface area contributed by atoms with E-state index in [4.69, 9.17) is 5.11 Å². The lowest BCUT2D eigenvalue weighted by atomic mass is 9.82. The highest BCUT2D eigenvalue weighted by atomic mass is 32.2. The number of alkyl halides is 3. The molecule has 90 valence electrons. The van der Waals surface area contributed by atoms with Crippen LogP contribution in [0.3, 0.4) is 0 Å². The number of aliphatic hydroxyl groups excluding tert-OH is 1. The Bertz CT molecular complexity index is 194. The fourth-order valence-electron chi connectivity index (χ4n) is 1.70. The molecule has 1 aliphatic rings. The smallest absolute Gasteiger partial charge is 0.393 e. The van der Waals surface area contributed by atoms with E-state index in [0.717, 1.165) is 19.4 Å². The van der Waals surface area contributed by atoms with Crippen molar-refractivity contribution in [1.29, 1.82) is 0 Å². The minimum absolute atomic E-state index is 0.0241. The third-order valence-corrected chi connectivity index (χ3v) is 3.23. The first-order valence-electron chi connectivity index (χ1n) is 4.94. The average molecular weight is 243 g/mol. The molecule has 1 aliphatic carbocycles. The number of rotatable bonds is 5. The summed E-state index contributed by atoms with van der Waals surface area (Å²) in [5, 5.41) is 9.04. The van der Waals surface area contributed by atoms with Gasteiger partial charge in [-0.05, 0) is 37.6 Å². The Morgan fingerprint density at radius 2 is 2.00 bits per heavy atom. The molecule has 0 aromatic carbocycles. The summed E-state index contributed by atoms with van der Waals surface area (Å²) in [5.41, 5.74) is -4.12. The van der Waals surface area contributed by atoms with Gasteiger partial charge in [0.15, 0.2) is 0 Å². The van der Waals surface area contributed by atoms with Gasteiger partial charge in [0, 0.05) is 18.8 Å². The number of nitrogens with zero attached hydrogens (tertiary/aromatic N) is 1. The van der Waals surface area contributed by atoms with Gasteiger partial charge in [-0.2, -0.15) is 13.2 Å². The fourth-order valence-corrected chi connectivity index (χ4v) is 2.33. The Kier molecular flexibility index (Phi) is 4.73. The van der Waals surface area contributed by atoms with E-state index in [-0.39, 0.29) is 23.6 Å². The number of hydrogen-bond acceptors (Lipinski definition) is 3. The summed E-state index contributed by atoms with van der Waals surface area (Å²) in [6.07, 6.45) is 1.39. The van der Waals surface area contributed by atoms with Crippen LogP contribution in [-0.2, 0) is 0 Å². The summed E-state index contributed by atoms with van der Waals surface area (Å²) in [5.74, 6) is 0.538. The quantitative estimate of drug-likeness (QED) is 0.798. The molecule has 0 heterocycles. The zero-order valence-electron chi connectivity index (χ0n) is 8.63. The Balaban J connectivity index is 2.01. The van der Waals surface area contributed by atoms with Gasteiger partial charge in [0.05, 0.1) is 6.10 Å². The van der Waals surface area contributed by atoms with Crippen LogP contribution in [0.15, 0.2) is 0 Å². The van der Waals surface area contributed by atoms with E-state index in [1.165, 1.54) is 0 Å². The molecule has 1 N–H and O–H groups in total. The maximum absolute atomic E-state index is 11.8. The van der Waals surface area contributed by atoms with Gasteiger partial charge in [-0.15, -0.1) is 0 Å². The van der Waals surface area contributed by atoms with Crippen LogP contribution in [-0.4, -0.2) is 47.5 Å². The van der Waals surface area contributed by atoms with Crippen molar-refractivity contribution in [3.05, 3.63) is 0 Å². The number of thioether (sulfide) groups is 1. The summed E-state index contributed by atoms with van der Waals surface area (Å²) in [6.45, 7) is 1.23. The van der Waals surface area contributed by atoms with Crippen LogP contribution in [0.25, 0.3) is 0 Å². The topological polar surface area (TPSA) is 23.5 Å². The van der Waals surface area contributed by atoms with Crippen molar-refractivity contribution in [3.63, 3.8) is 0 Å². The van der Waals surface area contributed by atoms with E-state index in [0.29, 0.717) is 12.5 Å². The fraction of sp³-hybridized carbons (Fsp3) is 1.00. The van der Waals surface area contributed by atoms with Gasteiger partial charge in [0.1, 0.15) is 0 Å². The molecule has 0 aromatic heterocycles. The van der Waals surface area contributed by atoms with Crippen LogP contribution in [0.1, 0.15) is 12.8 Å². The highest BCUT2D eigenvalue weighted by Gasteiger charge is 2.29. The molecular weight excluding hydrogens is 227 g/mol. The van der Waals surface area contributed by atoms with E-state index in [1.54, 1.807) is 0 Å². The lowest BCUT2D eigenvalue weighted by Crippen LogP contribution is -2.37. The first-order chi connectivity index (χ1) is 6.87. The lowest BCUT2D eigenvalue weighted by molar-refractivity contribution is -0.0328. The Morgan fingerprint density at radius 1 is 1.40 bits per heavy atom. The zero-order valence-corrected chi connectivity index (χ0v) is 9.44. The van der Waals surface area contributed by atoms with Gasteiger partial charge < -0.3 is 10.0 Å². The third kappa shape index (κ3) is 5.63. The SMILES string of the molecule is CN(CCSC(F)(F)F)CC1CC(O)C1. The molecule has 6 heteroatoms. The molecule has 0 saturated heterocycles. The standard InChI is InChI=1S/C9H16F3NOS/c1-13(2-3-15-9(10,11)12)6-7-4-8(14)5-7/h7-8,14H,2-6H2,1H3. The van der Waals surface area contributed by atoms with Crippen LogP contribution >= 0.6 is 11.8 Å². The minimum atomic E-state index is -4.12. The molecule has 0 spiro atoms. The molecule has 0 aliphatic heterocycles. The predicted molar refractivity (Wildman–Crippen MR) is 54.7 cm³/mol. The van der Waals surface area contributed by atoms with Crippen molar-refractivity contribution in [2.45, 2.75) is 24.5 Å². The third-order valence-electron chi connectivity index (χ3n) is 2.52. The maximum atomic E-state index is 11.8. The van der Waals surface area contributed by atoms with Crippen LogP contribution in [0, 0.1) is 5.92 Å². The molecular formula is C9H16F3NOS. The molecule has 1 saturated carbocycles. The molecule has 0 amide bonds. The molecule has 1 rings (SSSR count). The second-order valence-corrected chi connectivity index (χ2v) is 5.21. The van der Waals surface area contributed by atoms with E-state index in [1.807, 2.05) is 11.9 Å². The Morgan fingerprint density at radius 3 is 2.47 bits per heavy atom. The second-order valence-electron chi connectivity index (χ2n) is 4.05. The van der Waals surface area contributed by atoms with Crippen LogP contribution in [0.5, 0.6) is 0 Å². The van der Waals surface area contributed by atoms with Gasteiger partial charge in [-0.1, -0.05) is 0 Å². The highest BCUT2D eigenvalue weighted by molar-refractivity contribution is 8.00. The van der Waals surface area contributed by atoms with Crippen molar-refractivity contribution in [2.24, 2.45) is 5.92 Å². The summed E-state index contributed by atoms with van der Waals surface area (Å²) in [7, 11) is 1.82. The molecule has 0 atom stereocenters. The average Bonchev–Trinajstić information content (AvgIpc) is 1.98. The minimum Gasteiger partial charge on any atom is -0.393 e. The molecule has 0 aromatic rings. The van der Waals surface area contributed by atoms with E-state index in [9.17, 15) is 13.2 Å². The number of hydrogen-bond donors (Lipinski definition) is 1. The van der Waals surface area contributed by atoms with Crippen LogP contribution in [0.2, 0.25) is 0 Å². The second kappa shape index (κ2) is 5.41. The van der Waals surface area contributed by atoms with Gasteiger partial charge in [-0.3, -0.25) is 0 Å². The van der Waals surface area contributed by atoms with Crippen molar-refractivity contribution in [2.75, 3.05) is 25.9 Å². The molecule has 2 nitrogen and oxygen atoms in total. The van der Waals surface area contributed by atoms with Crippen molar-refractivity contribution in [1.82, 2.24) is 4.90 Å². The van der Waals surface area contributed by atoms with Gasteiger partial charge in [-0.25, -0.2) is 0 Å². The Labute approximate surface area is 91.8 Å². The summed E-state index contributed by atoms with van der Waals surface area (Å²) in [4.78, 5) is 1.90. The van der Waals surface area contributed by atoms with Crippen molar-refractivity contribution < 1.29 is 18.3 Å². The molecule has 0 radical (unpaired) electrons. The van der Waals surface area contributed by atoms with E-state index >= 15 is 0 Å². The highest BCUT2D eigenvalue weighted by Crippen LogP contribution is 2.30. The monoisotopic (exact) mass is 243 g/mol. The molecule has 1 fully saturated rings. The van der Waals surface area contributed by atoms with E-state index < -0.39 is 5.51 Å². The van der Waals surface area contributed by atoms with Crippen LogP contribution < -0.4 is 0 Å². The lowest BCUT2D eigenvalue weighted by Gasteiger charge is -2.34. The summed E-state index contributed by atoms with van der Waals surface area (Å²) in [6, 6.07) is 0. The van der Waals surface area contributed by atoms with Crippen molar-refractivity contribution in [3.8, 4) is 0 Å². The van der Waals surface area contributed by atoms with Gasteiger partial charge >= 0.3 is 5.51 Å². The largest absolute Gasteiger partial charge is 0.441 e. The Hall–Kier alpha value is 0.0600. The van der Waals surface area contributed by atoms with Crippen molar-refractivity contribution >= 4 is 11.8 Å². The molecule has 0 unspecified atom stereocenters. The predicted octanol–water partition coefficient (Wildman–Crippen LogP) is 1.94. The molecule has 15 heavy (non-hydrogen) atoms. The van der Waals surface area contributed by atoms with Gasteiger partial charge in [0.2, 0.25) is 0 Å². The van der Waals surface area contributed by atoms with Gasteiger partial charge in [0.25, 0.3) is 0 Å². The number of halogens is 3. The first-order valence-corrected chi connectivity index (χ1v) is 5.92. The normalized spacial score (nSPS) is 26.8. The summed E-state index contributed by atoms with van der Waals surface area (Å²) >= 11 is 0.0241. The van der Waals surface area contributed by atoms with Crippen LogP contribution in [0.4, 0.5) is 13.2 Å². The zero-order chi connectivity index (χ0) is 11.5. The molecule has 0 bridgehead atoms. The van der Waals surface area contributed by atoms with E-state index in [2.05, 4.69) is 0 Å². The first kappa shape index (κ1) is 13.1. The maximum Gasteiger partial charge on any atom is 0.441 e.